The number of benzene rings is 2. The summed E-state index contributed by atoms with van der Waals surface area (Å²) in [6, 6.07) is 13.4. The van der Waals surface area contributed by atoms with Gasteiger partial charge in [0.1, 0.15) is 0 Å². The molecule has 0 saturated heterocycles. The summed E-state index contributed by atoms with van der Waals surface area (Å²) in [5.74, 6) is -2.94. The standard InChI is InChI=1S/2C19H26N2O3.Ca/c2*1-2-3-4-5-6-11-18(22)21-17(19(23)24)12-14-13-20-16-10-8-7-9-15(14)16;/h2*7-10,13,17,20H,2-6,11-12H2,1H3,(H,21,22)(H,23,24);/q;;+2/p-2/t2*17-;/m00./s1. The van der Waals surface area contributed by atoms with E-state index in [0.29, 0.717) is 12.8 Å². The molecule has 2 aromatic carbocycles. The third-order valence-electron chi connectivity index (χ3n) is 8.45. The molecule has 0 radical (unpaired) electrons. The quantitative estimate of drug-likeness (QED) is 0.0795. The molecule has 2 amide bonds. The van der Waals surface area contributed by atoms with Crippen molar-refractivity contribution in [3.63, 3.8) is 0 Å². The van der Waals surface area contributed by atoms with Gasteiger partial charge in [-0.05, 0) is 36.1 Å². The molecule has 0 aliphatic carbocycles. The van der Waals surface area contributed by atoms with Crippen molar-refractivity contribution in [2.45, 2.75) is 116 Å². The molecule has 2 aromatic heterocycles. The van der Waals surface area contributed by atoms with Gasteiger partial charge in [0.2, 0.25) is 11.8 Å². The Balaban J connectivity index is 0.000000333. The van der Waals surface area contributed by atoms with E-state index >= 15 is 0 Å². The molecule has 2 atom stereocenters. The minimum atomic E-state index is -1.25. The van der Waals surface area contributed by atoms with Crippen LogP contribution in [0.5, 0.6) is 0 Å². The number of rotatable bonds is 20. The molecule has 10 nitrogen and oxygen atoms in total. The van der Waals surface area contributed by atoms with Crippen LogP contribution in [0.15, 0.2) is 60.9 Å². The van der Waals surface area contributed by atoms with E-state index in [0.717, 1.165) is 84.3 Å². The summed E-state index contributed by atoms with van der Waals surface area (Å²) in [6.45, 7) is 4.28. The molecule has 4 aromatic rings. The van der Waals surface area contributed by atoms with Gasteiger partial charge in [0, 0.05) is 59.9 Å². The average Bonchev–Trinajstić information content (AvgIpc) is 3.68. The van der Waals surface area contributed by atoms with Crippen molar-refractivity contribution in [2.75, 3.05) is 0 Å². The van der Waals surface area contributed by atoms with Crippen molar-refractivity contribution >= 4 is 83.3 Å². The third-order valence-corrected chi connectivity index (χ3v) is 8.45. The Bertz CT molecular complexity index is 1480. The van der Waals surface area contributed by atoms with E-state index in [-0.39, 0.29) is 62.4 Å². The van der Waals surface area contributed by atoms with Crippen LogP contribution in [-0.2, 0) is 32.0 Å². The van der Waals surface area contributed by atoms with E-state index in [1.54, 1.807) is 12.4 Å². The molecule has 0 saturated carbocycles. The number of amides is 2. The van der Waals surface area contributed by atoms with Gasteiger partial charge in [-0.3, -0.25) is 9.59 Å². The van der Waals surface area contributed by atoms with Gasteiger partial charge in [-0.15, -0.1) is 0 Å². The second-order valence-electron chi connectivity index (χ2n) is 12.3. The number of hydrogen-bond donors (Lipinski definition) is 4. The smallest absolute Gasteiger partial charge is 0.548 e. The minimum absolute atomic E-state index is 0. The van der Waals surface area contributed by atoms with Crippen LogP contribution in [0.4, 0.5) is 0 Å². The van der Waals surface area contributed by atoms with Crippen molar-refractivity contribution in [1.29, 1.82) is 0 Å². The molecule has 0 aliphatic rings. The first-order valence-electron chi connectivity index (χ1n) is 17.3. The first-order chi connectivity index (χ1) is 23.2. The second kappa shape index (κ2) is 23.1. The maximum atomic E-state index is 12.0. The van der Waals surface area contributed by atoms with E-state index in [1.165, 1.54) is 12.8 Å². The van der Waals surface area contributed by atoms with Gasteiger partial charge in [-0.1, -0.05) is 102 Å². The summed E-state index contributed by atoms with van der Waals surface area (Å²) in [4.78, 5) is 52.9. The number of aliphatic carboxylic acids is 2. The second-order valence-corrected chi connectivity index (χ2v) is 12.3. The zero-order valence-corrected chi connectivity index (χ0v) is 31.2. The SMILES string of the molecule is CCCCCCCC(=O)N[C@@H](Cc1c[nH]c2ccccc12)C(=O)[O-].CCCCCCCC(=O)N[C@@H](Cc1c[nH]c2ccccc12)C(=O)[O-].[Ca+2]. The van der Waals surface area contributed by atoms with Crippen molar-refractivity contribution in [3.8, 4) is 0 Å². The van der Waals surface area contributed by atoms with Crippen LogP contribution in [0.2, 0.25) is 0 Å². The fraction of sp³-hybridized carbons (Fsp3) is 0.474. The number of carboxylic acid groups (broad SMARTS) is 2. The number of carbonyl (C=O) groups is 4. The summed E-state index contributed by atoms with van der Waals surface area (Å²) >= 11 is 0. The van der Waals surface area contributed by atoms with Gasteiger partial charge in [-0.25, -0.2) is 0 Å². The van der Waals surface area contributed by atoms with Gasteiger partial charge in [0.15, 0.2) is 0 Å². The Kier molecular flexibility index (Phi) is 19.7. The summed E-state index contributed by atoms with van der Waals surface area (Å²) in [5.41, 5.74) is 3.63. The number of carboxylic acids is 2. The zero-order valence-electron chi connectivity index (χ0n) is 29.0. The number of hydrogen-bond acceptors (Lipinski definition) is 6. The van der Waals surface area contributed by atoms with Crippen LogP contribution < -0.4 is 20.8 Å². The molecule has 49 heavy (non-hydrogen) atoms. The van der Waals surface area contributed by atoms with Crippen LogP contribution in [0, 0.1) is 0 Å². The minimum Gasteiger partial charge on any atom is -0.548 e. The molecule has 0 aliphatic heterocycles. The van der Waals surface area contributed by atoms with Crippen LogP contribution in [0.25, 0.3) is 21.8 Å². The molecule has 2 heterocycles. The molecule has 4 rings (SSSR count). The van der Waals surface area contributed by atoms with E-state index in [2.05, 4.69) is 34.4 Å². The van der Waals surface area contributed by atoms with Crippen molar-refractivity contribution in [2.24, 2.45) is 0 Å². The third kappa shape index (κ3) is 14.6. The van der Waals surface area contributed by atoms with Gasteiger partial charge >= 0.3 is 37.7 Å². The van der Waals surface area contributed by atoms with Crippen LogP contribution in [0.1, 0.15) is 102 Å². The maximum Gasteiger partial charge on any atom is 2.00 e. The van der Waals surface area contributed by atoms with Crippen LogP contribution in [0.3, 0.4) is 0 Å². The Morgan fingerprint density at radius 3 is 1.33 bits per heavy atom. The van der Waals surface area contributed by atoms with Crippen molar-refractivity contribution in [3.05, 3.63) is 72.1 Å². The fourth-order valence-corrected chi connectivity index (χ4v) is 5.74. The average molecular weight is 699 g/mol. The first-order valence-corrected chi connectivity index (χ1v) is 17.3. The van der Waals surface area contributed by atoms with E-state index in [9.17, 15) is 29.4 Å². The van der Waals surface area contributed by atoms with E-state index < -0.39 is 24.0 Å². The monoisotopic (exact) mass is 698 g/mol. The molecular formula is C38H50CaN4O6. The normalized spacial score (nSPS) is 12.0. The zero-order chi connectivity index (χ0) is 34.7. The van der Waals surface area contributed by atoms with Gasteiger partial charge in [0.05, 0.1) is 24.0 Å². The number of H-pyrrole nitrogens is 2. The summed E-state index contributed by atoms with van der Waals surface area (Å²) in [7, 11) is 0. The number of fused-ring (bicyclic) bond motifs is 2. The number of unbranched alkanes of at least 4 members (excludes halogenated alkanes) is 8. The summed E-state index contributed by atoms with van der Waals surface area (Å²) in [6.07, 6.45) is 15.2. The Morgan fingerprint density at radius 2 is 0.959 bits per heavy atom. The molecule has 0 spiro atoms. The Morgan fingerprint density at radius 1 is 0.592 bits per heavy atom. The number of aromatic nitrogens is 2. The molecule has 260 valence electrons. The number of aromatic amines is 2. The van der Waals surface area contributed by atoms with E-state index in [4.69, 9.17) is 0 Å². The Hall–Kier alpha value is -3.34. The van der Waals surface area contributed by atoms with Crippen molar-refractivity contribution in [1.82, 2.24) is 20.6 Å². The van der Waals surface area contributed by atoms with Crippen LogP contribution >= 0.6 is 0 Å². The summed E-state index contributed by atoms with van der Waals surface area (Å²) < 4.78 is 0. The Labute approximate surface area is 319 Å². The maximum absolute atomic E-state index is 12.0. The van der Waals surface area contributed by atoms with Gasteiger partial charge in [-0.2, -0.15) is 0 Å². The molecule has 0 unspecified atom stereocenters. The van der Waals surface area contributed by atoms with Crippen LogP contribution in [-0.4, -0.2) is 83.5 Å². The number of nitrogens with one attached hydrogen (secondary N) is 4. The predicted octanol–water partition coefficient (Wildman–Crippen LogP) is 4.23. The molecule has 11 heteroatoms. The predicted molar refractivity (Wildman–Crippen MR) is 190 cm³/mol. The molecular weight excluding hydrogens is 649 g/mol. The largest absolute Gasteiger partial charge is 2.00 e. The van der Waals surface area contributed by atoms with Crippen molar-refractivity contribution < 1.29 is 29.4 Å². The summed E-state index contributed by atoms with van der Waals surface area (Å²) in [5, 5.41) is 29.9. The first kappa shape index (κ1) is 41.8. The fourth-order valence-electron chi connectivity index (χ4n) is 5.74. The van der Waals surface area contributed by atoms with Gasteiger partial charge in [0.25, 0.3) is 0 Å². The number of carbonyl (C=O) groups excluding carboxylic acids is 4. The van der Waals surface area contributed by atoms with E-state index in [1.807, 2.05) is 48.5 Å². The van der Waals surface area contributed by atoms with Gasteiger partial charge < -0.3 is 40.4 Å². The molecule has 0 bridgehead atoms. The molecule has 0 fully saturated rings. The topological polar surface area (TPSA) is 170 Å². The molecule has 4 N–H and O–H groups in total. The number of para-hydroxylation sites is 2.